The number of hydrogen-bond acceptors (Lipinski definition) is 3. The third-order valence-corrected chi connectivity index (χ3v) is 4.99. The predicted molar refractivity (Wildman–Crippen MR) is 99.5 cm³/mol. The molecular weight excluding hydrogens is 341 g/mol. The van der Waals surface area contributed by atoms with Crippen molar-refractivity contribution in [1.82, 2.24) is 10.2 Å². The van der Waals surface area contributed by atoms with Gasteiger partial charge < -0.3 is 11.1 Å². The second kappa shape index (κ2) is 9.19. The fourth-order valence-corrected chi connectivity index (χ4v) is 3.96. The zero-order valence-corrected chi connectivity index (χ0v) is 15.2. The Morgan fingerprint density at radius 1 is 1.14 bits per heavy atom. The molecule has 1 saturated carbocycles. The van der Waals surface area contributed by atoms with E-state index in [1.807, 2.05) is 12.1 Å². The Balaban J connectivity index is 0.00000121. The standard InChI is InChI=1S/C16H24ClN3.2ClH/c17-13-5-6-15(18)14(11-13)16(12-3-1-2-4-12)20-9-7-19-8-10-20;;/h5-6,11-12,16,19H,1-4,7-10,18H2;2*1H/t16-;;/m0../s1. The van der Waals surface area contributed by atoms with Gasteiger partial charge in [0.15, 0.2) is 0 Å². The molecule has 0 aromatic heterocycles. The van der Waals surface area contributed by atoms with Crippen molar-refractivity contribution in [1.29, 1.82) is 0 Å². The molecule has 1 aliphatic carbocycles. The number of nitrogen functional groups attached to an aromatic ring is 1. The second-order valence-electron chi connectivity index (χ2n) is 6.05. The van der Waals surface area contributed by atoms with Crippen molar-refractivity contribution in [2.24, 2.45) is 5.92 Å². The molecule has 126 valence electrons. The van der Waals surface area contributed by atoms with E-state index in [9.17, 15) is 0 Å². The van der Waals surface area contributed by atoms with Crippen LogP contribution in [-0.4, -0.2) is 31.1 Å². The number of rotatable bonds is 3. The quantitative estimate of drug-likeness (QED) is 0.797. The van der Waals surface area contributed by atoms with Gasteiger partial charge in [-0.1, -0.05) is 24.4 Å². The Labute approximate surface area is 150 Å². The molecule has 0 radical (unpaired) electrons. The molecule has 0 amide bonds. The molecule has 2 aliphatic rings. The molecule has 6 heteroatoms. The first-order valence-electron chi connectivity index (χ1n) is 7.75. The van der Waals surface area contributed by atoms with Crippen LogP contribution in [-0.2, 0) is 0 Å². The Morgan fingerprint density at radius 3 is 2.41 bits per heavy atom. The molecule has 2 fully saturated rings. The Hall–Kier alpha value is -0.190. The summed E-state index contributed by atoms with van der Waals surface area (Å²) in [5.74, 6) is 0.730. The molecule has 1 saturated heterocycles. The van der Waals surface area contributed by atoms with Crippen molar-refractivity contribution in [3.05, 3.63) is 28.8 Å². The summed E-state index contributed by atoms with van der Waals surface area (Å²) < 4.78 is 0. The maximum Gasteiger partial charge on any atom is 0.0410 e. The fraction of sp³-hybridized carbons (Fsp3) is 0.625. The fourth-order valence-electron chi connectivity index (χ4n) is 3.78. The summed E-state index contributed by atoms with van der Waals surface area (Å²) in [5, 5.41) is 4.24. The van der Waals surface area contributed by atoms with Crippen molar-refractivity contribution < 1.29 is 0 Å². The second-order valence-corrected chi connectivity index (χ2v) is 6.49. The summed E-state index contributed by atoms with van der Waals surface area (Å²) in [6.07, 6.45) is 5.35. The lowest BCUT2D eigenvalue weighted by molar-refractivity contribution is 0.126. The van der Waals surface area contributed by atoms with Gasteiger partial charge in [-0.05, 0) is 42.5 Å². The molecule has 0 spiro atoms. The summed E-state index contributed by atoms with van der Waals surface area (Å²) in [4.78, 5) is 2.61. The third kappa shape index (κ3) is 4.42. The molecule has 3 nitrogen and oxygen atoms in total. The molecule has 22 heavy (non-hydrogen) atoms. The van der Waals surface area contributed by atoms with E-state index in [0.29, 0.717) is 6.04 Å². The predicted octanol–water partition coefficient (Wildman–Crippen LogP) is 3.90. The van der Waals surface area contributed by atoms with Gasteiger partial charge in [-0.25, -0.2) is 0 Å². The number of halogens is 3. The van der Waals surface area contributed by atoms with Gasteiger partial charge in [-0.2, -0.15) is 0 Å². The van der Waals surface area contributed by atoms with Crippen LogP contribution in [0, 0.1) is 5.92 Å². The Bertz CT molecular complexity index is 458. The lowest BCUT2D eigenvalue weighted by Gasteiger charge is -2.39. The number of benzene rings is 1. The SMILES string of the molecule is Cl.Cl.Nc1ccc(Cl)cc1[C@H](C1CCCC1)N1CCNCC1. The zero-order valence-electron chi connectivity index (χ0n) is 12.8. The van der Waals surface area contributed by atoms with Crippen LogP contribution < -0.4 is 11.1 Å². The maximum absolute atomic E-state index is 6.26. The van der Waals surface area contributed by atoms with E-state index in [4.69, 9.17) is 17.3 Å². The lowest BCUT2D eigenvalue weighted by atomic mass is 9.89. The number of piperazine rings is 1. The van der Waals surface area contributed by atoms with E-state index < -0.39 is 0 Å². The first kappa shape index (κ1) is 19.9. The Kier molecular flexibility index (Phi) is 8.29. The average molecular weight is 367 g/mol. The van der Waals surface area contributed by atoms with E-state index in [-0.39, 0.29) is 24.8 Å². The van der Waals surface area contributed by atoms with Crippen molar-refractivity contribution in [2.75, 3.05) is 31.9 Å². The van der Waals surface area contributed by atoms with Gasteiger partial charge in [-0.15, -0.1) is 24.8 Å². The highest BCUT2D eigenvalue weighted by molar-refractivity contribution is 6.30. The summed E-state index contributed by atoms with van der Waals surface area (Å²) in [5.41, 5.74) is 8.40. The van der Waals surface area contributed by atoms with Gasteiger partial charge >= 0.3 is 0 Å². The van der Waals surface area contributed by atoms with Gasteiger partial charge in [0.1, 0.15) is 0 Å². The molecule has 3 N–H and O–H groups in total. The van der Waals surface area contributed by atoms with E-state index in [0.717, 1.165) is 42.8 Å². The van der Waals surface area contributed by atoms with Crippen LogP contribution >= 0.6 is 36.4 Å². The topological polar surface area (TPSA) is 41.3 Å². The van der Waals surface area contributed by atoms with Crippen LogP contribution in [0.4, 0.5) is 5.69 Å². The van der Waals surface area contributed by atoms with Crippen molar-refractivity contribution in [3.63, 3.8) is 0 Å². The first-order valence-corrected chi connectivity index (χ1v) is 8.13. The molecule has 0 unspecified atom stereocenters. The zero-order chi connectivity index (χ0) is 13.9. The van der Waals surface area contributed by atoms with Crippen LogP contribution in [0.1, 0.15) is 37.3 Å². The Morgan fingerprint density at radius 2 is 1.77 bits per heavy atom. The highest BCUT2D eigenvalue weighted by atomic mass is 35.5. The number of nitrogens with two attached hydrogens (primary N) is 1. The summed E-state index contributed by atoms with van der Waals surface area (Å²) in [7, 11) is 0. The minimum atomic E-state index is 0. The summed E-state index contributed by atoms with van der Waals surface area (Å²) in [6.45, 7) is 4.35. The van der Waals surface area contributed by atoms with Crippen LogP contribution in [0.2, 0.25) is 5.02 Å². The maximum atomic E-state index is 6.26. The highest BCUT2D eigenvalue weighted by Crippen LogP contribution is 2.42. The summed E-state index contributed by atoms with van der Waals surface area (Å²) >= 11 is 6.22. The van der Waals surface area contributed by atoms with Crippen LogP contribution in [0.15, 0.2) is 18.2 Å². The van der Waals surface area contributed by atoms with Crippen LogP contribution in [0.25, 0.3) is 0 Å². The van der Waals surface area contributed by atoms with Gasteiger partial charge in [0.2, 0.25) is 0 Å². The van der Waals surface area contributed by atoms with Gasteiger partial charge in [0.25, 0.3) is 0 Å². The van der Waals surface area contributed by atoms with Crippen molar-refractivity contribution >= 4 is 42.1 Å². The number of nitrogens with zero attached hydrogens (tertiary/aromatic N) is 1. The molecule has 3 rings (SSSR count). The minimum absolute atomic E-state index is 0. The van der Waals surface area contributed by atoms with Gasteiger partial charge in [0.05, 0.1) is 0 Å². The minimum Gasteiger partial charge on any atom is -0.398 e. The smallest absolute Gasteiger partial charge is 0.0410 e. The molecule has 1 aromatic rings. The van der Waals surface area contributed by atoms with E-state index >= 15 is 0 Å². The highest BCUT2D eigenvalue weighted by Gasteiger charge is 2.32. The van der Waals surface area contributed by atoms with Crippen molar-refractivity contribution in [3.8, 4) is 0 Å². The molecule has 1 atom stereocenters. The molecule has 0 bridgehead atoms. The van der Waals surface area contributed by atoms with E-state index in [2.05, 4.69) is 16.3 Å². The van der Waals surface area contributed by atoms with Crippen LogP contribution in [0.5, 0.6) is 0 Å². The van der Waals surface area contributed by atoms with Gasteiger partial charge in [-0.3, -0.25) is 4.90 Å². The largest absolute Gasteiger partial charge is 0.398 e. The monoisotopic (exact) mass is 365 g/mol. The third-order valence-electron chi connectivity index (χ3n) is 4.76. The average Bonchev–Trinajstić information content (AvgIpc) is 2.98. The van der Waals surface area contributed by atoms with Crippen LogP contribution in [0.3, 0.4) is 0 Å². The molecule has 1 aliphatic heterocycles. The number of nitrogens with one attached hydrogen (secondary N) is 1. The molecular formula is C16H26Cl3N3. The molecule has 1 heterocycles. The normalized spacial score (nSPS) is 21.0. The summed E-state index contributed by atoms with van der Waals surface area (Å²) in [6, 6.07) is 6.38. The number of hydrogen-bond donors (Lipinski definition) is 2. The lowest BCUT2D eigenvalue weighted by Crippen LogP contribution is -2.46. The first-order chi connectivity index (χ1) is 9.75. The van der Waals surface area contributed by atoms with Gasteiger partial charge in [0, 0.05) is 42.9 Å². The van der Waals surface area contributed by atoms with Crippen molar-refractivity contribution in [2.45, 2.75) is 31.7 Å². The molecule has 1 aromatic carbocycles. The van der Waals surface area contributed by atoms with E-state index in [1.165, 1.54) is 31.2 Å². The number of anilines is 1. The van der Waals surface area contributed by atoms with E-state index in [1.54, 1.807) is 0 Å².